The summed E-state index contributed by atoms with van der Waals surface area (Å²) in [7, 11) is -20.1. The molecule has 0 unspecified atom stereocenters. The van der Waals surface area contributed by atoms with Crippen molar-refractivity contribution in [3.05, 3.63) is 72.8 Å². The second kappa shape index (κ2) is 18.3. The number of hydrogen-bond acceptors (Lipinski definition) is 18. The Morgan fingerprint density at radius 1 is 0.344 bits per heavy atom. The molecule has 20 nitrogen and oxygen atoms in total. The minimum absolute atomic E-state index is 0. The molecule has 5 heterocycles. The minimum atomic E-state index is -5.03. The molecule has 3 aromatic heterocycles. The van der Waals surface area contributed by atoms with Crippen LogP contribution in [-0.4, -0.2) is 81.8 Å². The molecule has 61 heavy (non-hydrogen) atoms. The number of hydrogen-bond donors (Lipinski definition) is 0. The molecule has 7 aromatic rings. The first-order valence-electron chi connectivity index (χ1n) is 15.3. The first-order valence-corrected chi connectivity index (χ1v) is 21.0. The molecule has 9 rings (SSSR count). The number of nitrogens with zero attached hydrogens (tertiary/aromatic N) is 8. The van der Waals surface area contributed by atoms with Crippen LogP contribution in [0.3, 0.4) is 0 Å². The van der Waals surface area contributed by atoms with E-state index in [1.807, 2.05) is 0 Å². The number of benzene rings is 4. The van der Waals surface area contributed by atoms with E-state index >= 15 is 0 Å². The first kappa shape index (κ1) is 52.0. The van der Waals surface area contributed by atoms with Gasteiger partial charge in [0.1, 0.15) is 40.5 Å². The SMILES string of the molecule is O=S(=O)([O-])c1ccc2c(c1)-c1nc-2nc2[n-]c(nc3nc(nc4[n-]c(n1)c1ccc(S(=O)(=O)[O-])cc41)-c1ccc(S(=O)(=O)[O-])cc1-3)c1cc(S(=O)(=O)[O-])ccc21.[Na+].[Na+].[Na+].[Na+].[Ni+2]. The van der Waals surface area contributed by atoms with Crippen molar-refractivity contribution in [3.8, 4) is 45.6 Å². The van der Waals surface area contributed by atoms with E-state index in [2.05, 4.69) is 39.9 Å². The van der Waals surface area contributed by atoms with Crippen molar-refractivity contribution in [1.82, 2.24) is 39.9 Å². The fourth-order valence-corrected chi connectivity index (χ4v) is 8.19. The third kappa shape index (κ3) is 9.69. The number of fused-ring (bicyclic) bond motifs is 20. The van der Waals surface area contributed by atoms with E-state index in [1.165, 1.54) is 24.3 Å². The van der Waals surface area contributed by atoms with Crippen molar-refractivity contribution in [2.75, 3.05) is 0 Å². The normalized spacial score (nSPS) is 12.1. The molecule has 0 saturated heterocycles. The molecular weight excluding hydrogens is 967 g/mol. The summed E-state index contributed by atoms with van der Waals surface area (Å²) in [5.41, 5.74) is -0.712. The molecule has 0 saturated carbocycles. The summed E-state index contributed by atoms with van der Waals surface area (Å²) in [5, 5.41) is 0.169. The van der Waals surface area contributed by atoms with E-state index in [0.717, 1.165) is 48.5 Å². The average molecular weight is 979 g/mol. The van der Waals surface area contributed by atoms with Crippen LogP contribution >= 0.6 is 0 Å². The van der Waals surface area contributed by atoms with Crippen LogP contribution < -0.4 is 128 Å². The largest absolute Gasteiger partial charge is 2.00 e. The van der Waals surface area contributed by atoms with E-state index in [-0.39, 0.29) is 224 Å². The molecule has 0 amide bonds. The monoisotopic (exact) mass is 978 g/mol. The van der Waals surface area contributed by atoms with Crippen LogP contribution in [-0.2, 0) is 57.0 Å². The van der Waals surface area contributed by atoms with E-state index < -0.39 is 60.1 Å². The molecule has 0 radical (unpaired) electrons. The molecule has 29 heteroatoms. The minimum Gasteiger partial charge on any atom is -0.744 e. The summed E-state index contributed by atoms with van der Waals surface area (Å²) in [6.07, 6.45) is 0. The Balaban J connectivity index is 0.00000164. The van der Waals surface area contributed by atoms with E-state index in [1.54, 1.807) is 0 Å². The summed E-state index contributed by atoms with van der Waals surface area (Å²) in [6, 6.07) is 12.8. The van der Waals surface area contributed by atoms with Crippen molar-refractivity contribution in [2.24, 2.45) is 0 Å². The molecule has 0 aliphatic carbocycles. The van der Waals surface area contributed by atoms with Crippen molar-refractivity contribution < 1.29 is 187 Å². The van der Waals surface area contributed by atoms with Crippen molar-refractivity contribution in [3.63, 3.8) is 0 Å². The van der Waals surface area contributed by atoms with Crippen molar-refractivity contribution in [1.29, 1.82) is 0 Å². The zero-order chi connectivity index (χ0) is 39.7. The van der Waals surface area contributed by atoms with Gasteiger partial charge in [0.2, 0.25) is 0 Å². The smallest absolute Gasteiger partial charge is 0.744 e. The second-order valence-electron chi connectivity index (χ2n) is 12.1. The average Bonchev–Trinajstić information content (AvgIpc) is 3.84. The first-order chi connectivity index (χ1) is 26.2. The molecule has 0 N–H and O–H groups in total. The fraction of sp³-hybridized carbons (Fsp3) is 0. The predicted molar refractivity (Wildman–Crippen MR) is 186 cm³/mol. The Labute approximate surface area is 442 Å². The van der Waals surface area contributed by atoms with Crippen LogP contribution in [0.25, 0.3) is 89.7 Å². The maximum atomic E-state index is 12.0. The maximum Gasteiger partial charge on any atom is 2.00 e. The van der Waals surface area contributed by atoms with Crippen LogP contribution in [0.4, 0.5) is 0 Å². The van der Waals surface area contributed by atoms with E-state index in [0.29, 0.717) is 0 Å². The van der Waals surface area contributed by atoms with Gasteiger partial charge in [-0.2, -0.15) is 0 Å². The van der Waals surface area contributed by atoms with Gasteiger partial charge in [-0.1, -0.05) is 24.3 Å². The molecule has 290 valence electrons. The van der Waals surface area contributed by atoms with Gasteiger partial charge in [0.15, 0.2) is 0 Å². The van der Waals surface area contributed by atoms with Crippen LogP contribution in [0, 0.1) is 0 Å². The Morgan fingerprint density at radius 2 is 0.607 bits per heavy atom. The van der Waals surface area contributed by atoms with Gasteiger partial charge in [0.05, 0.1) is 42.9 Å². The quantitative estimate of drug-likeness (QED) is 0.117. The van der Waals surface area contributed by atoms with Gasteiger partial charge in [-0.3, -0.25) is 0 Å². The summed E-state index contributed by atoms with van der Waals surface area (Å²) < 4.78 is 145. The van der Waals surface area contributed by atoms with Crippen molar-refractivity contribution in [2.45, 2.75) is 19.6 Å². The number of aromatic nitrogens is 8. The number of rotatable bonds is 4. The summed E-state index contributed by atoms with van der Waals surface area (Å²) in [6.45, 7) is 0. The molecule has 2 aliphatic heterocycles. The third-order valence-electron chi connectivity index (χ3n) is 8.74. The van der Waals surface area contributed by atoms with Crippen LogP contribution in [0.5, 0.6) is 0 Å². The fourth-order valence-electron chi connectivity index (χ4n) is 6.20. The molecular formula is C32H12N8Na4NiO12S4. The molecule has 0 fully saturated rings. The molecule has 2 aliphatic rings. The topological polar surface area (TPSA) is 334 Å². The van der Waals surface area contributed by atoms with E-state index in [4.69, 9.17) is 0 Å². The van der Waals surface area contributed by atoms with Gasteiger partial charge >= 0.3 is 135 Å². The predicted octanol–water partition coefficient (Wildman–Crippen LogP) is -10.2. The van der Waals surface area contributed by atoms with Crippen LogP contribution in [0.2, 0.25) is 0 Å². The van der Waals surface area contributed by atoms with Gasteiger partial charge < -0.3 is 48.1 Å². The van der Waals surface area contributed by atoms with Gasteiger partial charge in [-0.25, -0.2) is 43.6 Å². The van der Waals surface area contributed by atoms with Crippen LogP contribution in [0.1, 0.15) is 0 Å². The summed E-state index contributed by atoms with van der Waals surface area (Å²) in [4.78, 5) is 33.1. The molecule has 4 aromatic carbocycles. The Morgan fingerprint density at radius 3 is 0.918 bits per heavy atom. The zero-order valence-electron chi connectivity index (χ0n) is 31.4. The molecule has 0 atom stereocenters. The van der Waals surface area contributed by atoms with Crippen LogP contribution in [0.15, 0.2) is 92.4 Å². The van der Waals surface area contributed by atoms with Gasteiger partial charge in [0.25, 0.3) is 0 Å². The molecule has 8 bridgehead atoms. The zero-order valence-corrected chi connectivity index (χ0v) is 43.6. The van der Waals surface area contributed by atoms with Gasteiger partial charge in [-0.05, 0) is 70.1 Å². The molecule has 0 spiro atoms. The van der Waals surface area contributed by atoms with Gasteiger partial charge in [0, 0.05) is 44.8 Å². The summed E-state index contributed by atoms with van der Waals surface area (Å²) >= 11 is 0. The standard InChI is InChI=1S/C32H16N8O12S4.4Na.Ni/c41-53(42,43)13-1-5-17-21(9-13)29-34-25(17)33-26-18-6-2-15(55(47,48)49)11-23(18)31(35-26)40-32-24-12-16(56(50,51)52)4-8-20(24)28(39-32)38-30-22-10-14(54(44,45)46)3-7-19(22)27(36-29)37-30;;;;;/h1-12H,(H4-2,33,34,35,36,37,38,39,40,41,42,43,44,45,46,47,48,49,50,51,52);;;;;/q-2;4*+1;+2/p-4. The second-order valence-corrected chi connectivity index (χ2v) is 17.6. The van der Waals surface area contributed by atoms with E-state index in [9.17, 15) is 51.9 Å². The van der Waals surface area contributed by atoms with Gasteiger partial charge in [-0.15, -0.1) is 0 Å². The Bertz CT molecular complexity index is 3640. The Hall–Kier alpha value is -1.63. The summed E-state index contributed by atoms with van der Waals surface area (Å²) in [5.74, 6) is -0.882. The van der Waals surface area contributed by atoms with Crippen molar-refractivity contribution >= 4 is 84.6 Å². The Kier molecular flexibility index (Phi) is 15.6. The maximum absolute atomic E-state index is 12.0. The third-order valence-corrected chi connectivity index (χ3v) is 12.1.